The first kappa shape index (κ1) is 24.0. The smallest absolute Gasteiger partial charge is 0.0902 e. The fourth-order valence-corrected chi connectivity index (χ4v) is 10.1. The number of allylic oxidation sites excluding steroid dienone is 4. The summed E-state index contributed by atoms with van der Waals surface area (Å²) < 4.78 is 0. The molecule has 5 rings (SSSR count). The zero-order chi connectivity index (χ0) is 24.1. The van der Waals surface area contributed by atoms with Crippen LogP contribution in [-0.4, -0.2) is 45.8 Å². The summed E-state index contributed by atoms with van der Waals surface area (Å²) in [4.78, 5) is 0. The fourth-order valence-electron chi connectivity index (χ4n) is 10.1. The van der Waals surface area contributed by atoms with E-state index in [2.05, 4.69) is 52.8 Å². The Balaban J connectivity index is 1.58. The Morgan fingerprint density at radius 2 is 1.58 bits per heavy atom. The van der Waals surface area contributed by atoms with Crippen molar-refractivity contribution in [2.45, 2.75) is 98.2 Å². The number of rotatable bonds is 2. The summed E-state index contributed by atoms with van der Waals surface area (Å²) in [7, 11) is 0. The maximum absolute atomic E-state index is 10.9. The number of aliphatic hydroxyl groups excluding tert-OH is 4. The van der Waals surface area contributed by atoms with Gasteiger partial charge in [-0.2, -0.15) is 0 Å². The van der Waals surface area contributed by atoms with E-state index in [0.717, 1.165) is 12.8 Å². The Morgan fingerprint density at radius 1 is 0.909 bits per heavy atom. The normalized spacial score (nSPS) is 52.1. The molecule has 186 valence electrons. The summed E-state index contributed by atoms with van der Waals surface area (Å²) in [5, 5.41) is 42.6. The molecule has 1 spiro atoms. The topological polar surface area (TPSA) is 80.9 Å². The van der Waals surface area contributed by atoms with Crippen molar-refractivity contribution in [1.82, 2.24) is 0 Å². The Morgan fingerprint density at radius 3 is 2.18 bits per heavy atom. The maximum atomic E-state index is 10.9. The molecule has 2 unspecified atom stereocenters. The lowest BCUT2D eigenvalue weighted by Crippen LogP contribution is -2.68. The molecule has 0 bridgehead atoms. The molecule has 4 nitrogen and oxygen atoms in total. The lowest BCUT2D eigenvalue weighted by atomic mass is 9.35. The van der Waals surface area contributed by atoms with E-state index in [1.54, 1.807) is 0 Å². The van der Waals surface area contributed by atoms with Gasteiger partial charge in [-0.15, -0.1) is 0 Å². The summed E-state index contributed by atoms with van der Waals surface area (Å²) >= 11 is 0. The van der Waals surface area contributed by atoms with Crippen molar-refractivity contribution in [2.24, 2.45) is 44.3 Å². The van der Waals surface area contributed by atoms with Gasteiger partial charge in [0.15, 0.2) is 0 Å². The van der Waals surface area contributed by atoms with Crippen LogP contribution in [0.15, 0.2) is 23.8 Å². The molecule has 0 heterocycles. The fraction of sp³-hybridized carbons (Fsp3) is 0.862. The Bertz CT molecular complexity index is 871. The zero-order valence-corrected chi connectivity index (χ0v) is 21.4. The van der Waals surface area contributed by atoms with Gasteiger partial charge in [0, 0.05) is 5.41 Å². The molecule has 5 aliphatic carbocycles. The highest BCUT2D eigenvalue weighted by atomic mass is 16.3. The molecule has 0 aromatic carbocycles. The van der Waals surface area contributed by atoms with Gasteiger partial charge < -0.3 is 20.4 Å². The van der Waals surface area contributed by atoms with Crippen molar-refractivity contribution < 1.29 is 20.4 Å². The molecular formula is C29H46O4. The Hall–Kier alpha value is -0.680. The Labute approximate surface area is 200 Å². The highest BCUT2D eigenvalue weighted by molar-refractivity contribution is 5.41. The van der Waals surface area contributed by atoms with Crippen molar-refractivity contribution in [2.75, 3.05) is 13.2 Å². The van der Waals surface area contributed by atoms with Crippen molar-refractivity contribution >= 4 is 0 Å². The molecule has 5 aliphatic rings. The van der Waals surface area contributed by atoms with Crippen LogP contribution >= 0.6 is 0 Å². The van der Waals surface area contributed by atoms with E-state index in [4.69, 9.17) is 0 Å². The van der Waals surface area contributed by atoms with E-state index >= 15 is 0 Å². The van der Waals surface area contributed by atoms with E-state index in [1.807, 2.05) is 0 Å². The van der Waals surface area contributed by atoms with Gasteiger partial charge in [0.05, 0.1) is 25.4 Å². The van der Waals surface area contributed by atoms with Gasteiger partial charge in [-0.1, -0.05) is 52.8 Å². The van der Waals surface area contributed by atoms with E-state index in [1.165, 1.54) is 37.7 Å². The monoisotopic (exact) mass is 458 g/mol. The van der Waals surface area contributed by atoms with Crippen LogP contribution in [0.5, 0.6) is 0 Å². The third-order valence-electron chi connectivity index (χ3n) is 12.1. The van der Waals surface area contributed by atoms with Crippen molar-refractivity contribution in [1.29, 1.82) is 0 Å². The van der Waals surface area contributed by atoms with Crippen LogP contribution in [-0.2, 0) is 0 Å². The molecular weight excluding hydrogens is 412 g/mol. The summed E-state index contributed by atoms with van der Waals surface area (Å²) in [6, 6.07) is 0. The predicted molar refractivity (Wildman–Crippen MR) is 130 cm³/mol. The first-order chi connectivity index (χ1) is 15.3. The van der Waals surface area contributed by atoms with E-state index in [9.17, 15) is 20.4 Å². The minimum Gasteiger partial charge on any atom is -0.396 e. The molecule has 0 aromatic heterocycles. The molecule has 0 saturated heterocycles. The van der Waals surface area contributed by atoms with Gasteiger partial charge in [0.25, 0.3) is 0 Å². The predicted octanol–water partition coefficient (Wildman–Crippen LogP) is 4.61. The first-order valence-electron chi connectivity index (χ1n) is 13.3. The molecule has 0 aromatic rings. The van der Waals surface area contributed by atoms with Gasteiger partial charge >= 0.3 is 0 Å². The summed E-state index contributed by atoms with van der Waals surface area (Å²) in [6.07, 6.45) is 14.2. The van der Waals surface area contributed by atoms with Gasteiger partial charge in [-0.25, -0.2) is 0 Å². The second-order valence-electron chi connectivity index (χ2n) is 14.3. The minimum atomic E-state index is -1.09. The summed E-state index contributed by atoms with van der Waals surface area (Å²) in [5.41, 5.74) is 1.09. The molecule has 33 heavy (non-hydrogen) atoms. The van der Waals surface area contributed by atoms with Crippen molar-refractivity contribution in [3.05, 3.63) is 23.8 Å². The van der Waals surface area contributed by atoms with Crippen LogP contribution in [0, 0.1) is 44.3 Å². The van der Waals surface area contributed by atoms with Gasteiger partial charge in [0.2, 0.25) is 0 Å². The third kappa shape index (κ3) is 2.96. The van der Waals surface area contributed by atoms with Crippen LogP contribution in [0.1, 0.15) is 86.0 Å². The second kappa shape index (κ2) is 7.18. The third-order valence-corrected chi connectivity index (χ3v) is 12.1. The largest absolute Gasteiger partial charge is 0.396 e. The quantitative estimate of drug-likeness (QED) is 0.487. The van der Waals surface area contributed by atoms with Gasteiger partial charge in [-0.05, 0) is 95.9 Å². The minimum absolute atomic E-state index is 0.0270. The highest BCUT2D eigenvalue weighted by Gasteiger charge is 2.68. The summed E-state index contributed by atoms with van der Waals surface area (Å²) in [6.45, 7) is 11.4. The van der Waals surface area contributed by atoms with Crippen molar-refractivity contribution in [3.63, 3.8) is 0 Å². The highest BCUT2D eigenvalue weighted by Crippen LogP contribution is 2.73. The molecule has 4 N–H and O–H groups in total. The van der Waals surface area contributed by atoms with Crippen LogP contribution in [0.3, 0.4) is 0 Å². The molecule has 4 heteroatoms. The lowest BCUT2D eigenvalue weighted by molar-refractivity contribution is -0.246. The van der Waals surface area contributed by atoms with E-state index < -0.39 is 17.6 Å². The summed E-state index contributed by atoms with van der Waals surface area (Å²) in [5.74, 6) is 0.209. The van der Waals surface area contributed by atoms with Crippen LogP contribution in [0.2, 0.25) is 0 Å². The standard InChI is InChI=1S/C29H46O4/c1-24(2)10-12-28(16-24)13-11-26(4)19(14-28)6-7-21-25(3)15-20(32)23(33)29(17-30,18-31)22(25)8-9-27(21,26)5/h6-7,14,20-23,30-33H,8-13,15-18H2,1-5H3/t20-,21?,22?,23-,25-,26-,27-,28+/m1/s1. The maximum Gasteiger partial charge on any atom is 0.0902 e. The zero-order valence-electron chi connectivity index (χ0n) is 21.4. The number of fused-ring (bicyclic) bond motifs is 5. The van der Waals surface area contributed by atoms with Crippen LogP contribution in [0.25, 0.3) is 0 Å². The van der Waals surface area contributed by atoms with Crippen LogP contribution in [0.4, 0.5) is 0 Å². The van der Waals surface area contributed by atoms with E-state index in [0.29, 0.717) is 17.3 Å². The molecule has 0 aliphatic heterocycles. The average Bonchev–Trinajstić information content (AvgIpc) is 3.05. The molecule has 0 radical (unpaired) electrons. The Kier molecular flexibility index (Phi) is 5.23. The molecule has 3 saturated carbocycles. The SMILES string of the molecule is CC1(C)CC[C@]2(C=C3C=CC4[C@@]5(C)C[C@@H](O)[C@@H](O)C(CO)(CO)C5CC[C@@]4(C)[C@]3(C)CC2)C1. The molecule has 0 amide bonds. The first-order valence-corrected chi connectivity index (χ1v) is 13.3. The van der Waals surface area contributed by atoms with Gasteiger partial charge in [0.1, 0.15) is 0 Å². The van der Waals surface area contributed by atoms with Gasteiger partial charge in [-0.3, -0.25) is 0 Å². The number of aliphatic hydroxyl groups is 4. The van der Waals surface area contributed by atoms with E-state index in [-0.39, 0.29) is 41.3 Å². The molecule has 8 atom stereocenters. The number of hydrogen-bond acceptors (Lipinski definition) is 4. The second-order valence-corrected chi connectivity index (χ2v) is 14.3. The molecule has 3 fully saturated rings. The lowest BCUT2D eigenvalue weighted by Gasteiger charge is -2.69. The van der Waals surface area contributed by atoms with Crippen LogP contribution < -0.4 is 0 Å². The average molecular weight is 459 g/mol. The number of hydrogen-bond donors (Lipinski definition) is 4. The van der Waals surface area contributed by atoms with Crippen molar-refractivity contribution in [3.8, 4) is 0 Å².